The summed E-state index contributed by atoms with van der Waals surface area (Å²) < 4.78 is 19.5. The van der Waals surface area contributed by atoms with Gasteiger partial charge in [0.05, 0.1) is 19.3 Å². The zero-order valence-electron chi connectivity index (χ0n) is 12.8. The number of rotatable bonds is 5. The van der Waals surface area contributed by atoms with Crippen LogP contribution in [-0.2, 0) is 6.54 Å². The summed E-state index contributed by atoms with van der Waals surface area (Å²) in [5.74, 6) is 0.461. The van der Waals surface area contributed by atoms with Crippen LogP contribution in [0.4, 0.5) is 4.39 Å². The zero-order chi connectivity index (χ0) is 16.9. The smallest absolute Gasteiger partial charge is 0.251 e. The quantitative estimate of drug-likeness (QED) is 0.772. The van der Waals surface area contributed by atoms with E-state index in [1.807, 2.05) is 0 Å². The number of nitrogens with one attached hydrogen (secondary N) is 1. The molecule has 0 fully saturated rings. The first-order chi connectivity index (χ1) is 11.7. The standard InChI is InChI=1S/C16H14FN5O2/c1-24-14-8-6-13(7-9-14)22-15(19-20-21-22)10-18-16(23)11-2-4-12(17)5-3-11/h2-9H,10H2,1H3,(H,18,23). The van der Waals surface area contributed by atoms with Crippen LogP contribution in [0.1, 0.15) is 16.2 Å². The Bertz CT molecular complexity index is 830. The lowest BCUT2D eigenvalue weighted by molar-refractivity contribution is 0.0949. The number of tetrazole rings is 1. The molecule has 0 aliphatic heterocycles. The van der Waals surface area contributed by atoms with Crippen LogP contribution < -0.4 is 10.1 Å². The Labute approximate surface area is 137 Å². The number of aromatic nitrogens is 4. The van der Waals surface area contributed by atoms with Gasteiger partial charge in [-0.05, 0) is 59.0 Å². The molecule has 1 amide bonds. The van der Waals surface area contributed by atoms with Crippen LogP contribution in [0.2, 0.25) is 0 Å². The van der Waals surface area contributed by atoms with Crippen molar-refractivity contribution in [2.24, 2.45) is 0 Å². The van der Waals surface area contributed by atoms with Gasteiger partial charge >= 0.3 is 0 Å². The zero-order valence-corrected chi connectivity index (χ0v) is 12.8. The Kier molecular flexibility index (Phi) is 4.46. The molecule has 8 heteroatoms. The van der Waals surface area contributed by atoms with Gasteiger partial charge in [0, 0.05) is 5.56 Å². The first-order valence-corrected chi connectivity index (χ1v) is 7.13. The summed E-state index contributed by atoms with van der Waals surface area (Å²) in [6.07, 6.45) is 0. The fourth-order valence-corrected chi connectivity index (χ4v) is 2.10. The van der Waals surface area contributed by atoms with Crippen molar-refractivity contribution in [2.75, 3.05) is 7.11 Å². The molecule has 7 nitrogen and oxygen atoms in total. The molecule has 0 saturated carbocycles. The Morgan fingerprint density at radius 3 is 2.54 bits per heavy atom. The molecule has 0 saturated heterocycles. The molecule has 0 aliphatic carbocycles. The number of carbonyl (C=O) groups is 1. The minimum atomic E-state index is -0.394. The highest BCUT2D eigenvalue weighted by Gasteiger charge is 2.11. The molecule has 0 unspecified atom stereocenters. The molecule has 24 heavy (non-hydrogen) atoms. The second-order valence-electron chi connectivity index (χ2n) is 4.89. The van der Waals surface area contributed by atoms with E-state index in [2.05, 4.69) is 20.8 Å². The van der Waals surface area contributed by atoms with Crippen molar-refractivity contribution in [2.45, 2.75) is 6.54 Å². The lowest BCUT2D eigenvalue weighted by Crippen LogP contribution is -2.24. The predicted molar refractivity (Wildman–Crippen MR) is 83.3 cm³/mol. The molecule has 0 atom stereocenters. The van der Waals surface area contributed by atoms with Crippen molar-refractivity contribution in [3.05, 3.63) is 65.7 Å². The highest BCUT2D eigenvalue weighted by atomic mass is 19.1. The molecule has 0 radical (unpaired) electrons. The van der Waals surface area contributed by atoms with Crippen LogP contribution in [0, 0.1) is 5.82 Å². The summed E-state index contributed by atoms with van der Waals surface area (Å²) in [6.45, 7) is 0.134. The maximum atomic E-state index is 12.9. The molecule has 2 aromatic carbocycles. The number of nitrogens with zero attached hydrogens (tertiary/aromatic N) is 4. The molecule has 1 aromatic heterocycles. The number of hydrogen-bond acceptors (Lipinski definition) is 5. The average Bonchev–Trinajstić information content (AvgIpc) is 3.09. The lowest BCUT2D eigenvalue weighted by atomic mass is 10.2. The summed E-state index contributed by atoms with van der Waals surface area (Å²) in [6, 6.07) is 12.5. The van der Waals surface area contributed by atoms with E-state index in [-0.39, 0.29) is 12.5 Å². The van der Waals surface area contributed by atoms with Crippen LogP contribution in [0.5, 0.6) is 5.75 Å². The third kappa shape index (κ3) is 3.37. The maximum Gasteiger partial charge on any atom is 0.251 e. The summed E-state index contributed by atoms with van der Waals surface area (Å²) in [5.41, 5.74) is 1.10. The maximum absolute atomic E-state index is 12.9. The van der Waals surface area contributed by atoms with E-state index in [1.54, 1.807) is 31.4 Å². The summed E-state index contributed by atoms with van der Waals surface area (Å²) in [7, 11) is 1.59. The molecular weight excluding hydrogens is 313 g/mol. The van der Waals surface area contributed by atoms with Crippen molar-refractivity contribution in [3.63, 3.8) is 0 Å². The normalized spacial score (nSPS) is 10.4. The number of halogens is 1. The topological polar surface area (TPSA) is 81.9 Å². The third-order valence-electron chi connectivity index (χ3n) is 3.36. The minimum Gasteiger partial charge on any atom is -0.497 e. The van der Waals surface area contributed by atoms with Crippen molar-refractivity contribution in [1.82, 2.24) is 25.5 Å². The average molecular weight is 327 g/mol. The second-order valence-corrected chi connectivity index (χ2v) is 4.89. The van der Waals surface area contributed by atoms with Crippen molar-refractivity contribution in [1.29, 1.82) is 0 Å². The van der Waals surface area contributed by atoms with Gasteiger partial charge in [-0.1, -0.05) is 0 Å². The fraction of sp³-hybridized carbons (Fsp3) is 0.125. The monoisotopic (exact) mass is 327 g/mol. The molecular formula is C16H14FN5O2. The Hall–Kier alpha value is -3.29. The van der Waals surface area contributed by atoms with Gasteiger partial charge < -0.3 is 10.1 Å². The molecule has 1 heterocycles. The second kappa shape index (κ2) is 6.86. The van der Waals surface area contributed by atoms with Gasteiger partial charge in [0.2, 0.25) is 0 Å². The first-order valence-electron chi connectivity index (χ1n) is 7.13. The highest BCUT2D eigenvalue weighted by Crippen LogP contribution is 2.14. The van der Waals surface area contributed by atoms with E-state index in [4.69, 9.17) is 4.74 Å². The highest BCUT2D eigenvalue weighted by molar-refractivity contribution is 5.94. The summed E-state index contributed by atoms with van der Waals surface area (Å²) in [4.78, 5) is 12.1. The van der Waals surface area contributed by atoms with E-state index in [9.17, 15) is 9.18 Å². The Morgan fingerprint density at radius 2 is 1.88 bits per heavy atom. The minimum absolute atomic E-state index is 0.134. The van der Waals surface area contributed by atoms with E-state index < -0.39 is 5.82 Å². The van der Waals surface area contributed by atoms with E-state index in [1.165, 1.54) is 28.9 Å². The Morgan fingerprint density at radius 1 is 1.17 bits per heavy atom. The van der Waals surface area contributed by atoms with Crippen LogP contribution in [0.3, 0.4) is 0 Å². The van der Waals surface area contributed by atoms with Crippen LogP contribution in [0.15, 0.2) is 48.5 Å². The van der Waals surface area contributed by atoms with Gasteiger partial charge in [-0.25, -0.2) is 4.39 Å². The number of carbonyl (C=O) groups excluding carboxylic acids is 1. The number of benzene rings is 2. The van der Waals surface area contributed by atoms with Gasteiger partial charge in [-0.2, -0.15) is 4.68 Å². The van der Waals surface area contributed by atoms with Crippen molar-refractivity contribution in [3.8, 4) is 11.4 Å². The van der Waals surface area contributed by atoms with Gasteiger partial charge in [0.25, 0.3) is 5.91 Å². The largest absolute Gasteiger partial charge is 0.497 e. The van der Waals surface area contributed by atoms with Gasteiger partial charge in [-0.15, -0.1) is 5.10 Å². The molecule has 0 aliphatic rings. The molecule has 3 aromatic rings. The Balaban J connectivity index is 1.71. The molecule has 0 bridgehead atoms. The van der Waals surface area contributed by atoms with E-state index in [0.717, 1.165) is 11.4 Å². The summed E-state index contributed by atoms with van der Waals surface area (Å²) >= 11 is 0. The first kappa shape index (κ1) is 15.6. The summed E-state index contributed by atoms with van der Waals surface area (Å²) in [5, 5.41) is 14.2. The van der Waals surface area contributed by atoms with Gasteiger partial charge in [0.1, 0.15) is 11.6 Å². The van der Waals surface area contributed by atoms with Gasteiger partial charge in [0.15, 0.2) is 5.82 Å². The lowest BCUT2D eigenvalue weighted by Gasteiger charge is -2.07. The molecule has 122 valence electrons. The number of amides is 1. The number of ether oxygens (including phenoxy) is 1. The van der Waals surface area contributed by atoms with Crippen LogP contribution in [0.25, 0.3) is 5.69 Å². The number of hydrogen-bond donors (Lipinski definition) is 1. The van der Waals surface area contributed by atoms with Crippen molar-refractivity contribution < 1.29 is 13.9 Å². The number of methoxy groups -OCH3 is 1. The van der Waals surface area contributed by atoms with Crippen LogP contribution in [-0.4, -0.2) is 33.2 Å². The molecule has 3 rings (SSSR count). The SMILES string of the molecule is COc1ccc(-n2nnnc2CNC(=O)c2ccc(F)cc2)cc1. The van der Waals surface area contributed by atoms with E-state index in [0.29, 0.717) is 11.4 Å². The van der Waals surface area contributed by atoms with E-state index >= 15 is 0 Å². The fourth-order valence-electron chi connectivity index (χ4n) is 2.10. The van der Waals surface area contributed by atoms with Gasteiger partial charge in [-0.3, -0.25) is 4.79 Å². The third-order valence-corrected chi connectivity index (χ3v) is 3.36. The van der Waals surface area contributed by atoms with Crippen LogP contribution >= 0.6 is 0 Å². The van der Waals surface area contributed by atoms with Crippen molar-refractivity contribution >= 4 is 5.91 Å². The predicted octanol–water partition coefficient (Wildman–Crippen LogP) is 1.74. The molecule has 1 N–H and O–H groups in total. The molecule has 0 spiro atoms.